The molecule has 5 aromatic rings. The van der Waals surface area contributed by atoms with Crippen LogP contribution in [0.4, 0.5) is 37.5 Å². The number of piperidine rings is 2. The number of nitrogens with one attached hydrogen (secondary N) is 3. The van der Waals surface area contributed by atoms with Crippen molar-refractivity contribution in [1.82, 2.24) is 29.5 Å². The maximum absolute atomic E-state index is 15.2. The third-order valence-electron chi connectivity index (χ3n) is 13.5. The number of rotatable bonds is 8. The van der Waals surface area contributed by atoms with Crippen molar-refractivity contribution in [3.05, 3.63) is 69.1 Å². The first-order valence-electron chi connectivity index (χ1n) is 21.7. The number of anilines is 5. The Labute approximate surface area is 366 Å². The minimum Gasteiger partial charge on any atom is -0.480 e. The first kappa shape index (κ1) is 41.0. The molecule has 2 aromatic carbocycles. The Kier molecular flexibility index (Phi) is 10.4. The Morgan fingerprint density at radius 1 is 0.968 bits per heavy atom. The molecule has 5 aliphatic rings. The van der Waals surface area contributed by atoms with Gasteiger partial charge in [0.15, 0.2) is 12.4 Å². The fourth-order valence-electron chi connectivity index (χ4n) is 9.99. The van der Waals surface area contributed by atoms with Crippen LogP contribution in [0.2, 0.25) is 5.02 Å². The molecule has 0 radical (unpaired) electrons. The third kappa shape index (κ3) is 7.56. The van der Waals surface area contributed by atoms with E-state index in [0.717, 1.165) is 80.9 Å². The van der Waals surface area contributed by atoms with Crippen LogP contribution in [0.15, 0.2) is 47.3 Å². The number of aromatic nitrogens is 4. The molecule has 7 heterocycles. The van der Waals surface area contributed by atoms with Gasteiger partial charge >= 0.3 is 5.92 Å². The van der Waals surface area contributed by atoms with Crippen LogP contribution in [-0.2, 0) is 23.7 Å². The molecule has 2 atom stereocenters. The number of halogens is 3. The number of carbonyl (C=O) groups excluding carboxylic acids is 2. The van der Waals surface area contributed by atoms with E-state index < -0.39 is 30.0 Å². The number of benzene rings is 2. The Morgan fingerprint density at radius 2 is 1.75 bits per heavy atom. The Hall–Kier alpha value is -5.99. The fourth-order valence-corrected chi connectivity index (χ4v) is 10.2. The van der Waals surface area contributed by atoms with Gasteiger partial charge in [-0.3, -0.25) is 29.3 Å². The average Bonchev–Trinajstić information content (AvgIpc) is 4.08. The molecule has 4 fully saturated rings. The number of ether oxygens (including phenoxy) is 1. The number of pyridine rings is 2. The van der Waals surface area contributed by atoms with Crippen molar-refractivity contribution < 1.29 is 23.1 Å². The van der Waals surface area contributed by atoms with E-state index in [2.05, 4.69) is 42.8 Å². The largest absolute Gasteiger partial charge is 0.480 e. The molecular weight excluding hydrogens is 832 g/mol. The summed E-state index contributed by atoms with van der Waals surface area (Å²) < 4.78 is 39.2. The summed E-state index contributed by atoms with van der Waals surface area (Å²) in [5.74, 6) is -3.10. The summed E-state index contributed by atoms with van der Waals surface area (Å²) in [5, 5.41) is 25.5. The Bertz CT molecular complexity index is 2770. The number of imide groups is 1. The van der Waals surface area contributed by atoms with Crippen LogP contribution in [0, 0.1) is 23.2 Å². The lowest BCUT2D eigenvalue weighted by atomic mass is 9.92. The lowest BCUT2D eigenvalue weighted by molar-refractivity contribution is -0.134. The number of nitriles is 1. The van der Waals surface area contributed by atoms with Gasteiger partial charge in [0.1, 0.15) is 11.9 Å². The number of nitrogens with zero attached hydrogens (tertiary/aromatic N) is 8. The van der Waals surface area contributed by atoms with Crippen molar-refractivity contribution >= 4 is 73.9 Å². The molecule has 328 valence electrons. The molecule has 0 spiro atoms. The molecule has 63 heavy (non-hydrogen) atoms. The van der Waals surface area contributed by atoms with Gasteiger partial charge in [-0.1, -0.05) is 23.7 Å². The van der Waals surface area contributed by atoms with E-state index in [1.807, 2.05) is 23.9 Å². The summed E-state index contributed by atoms with van der Waals surface area (Å²) in [6.45, 7) is 5.06. The highest BCUT2D eigenvalue weighted by Crippen LogP contribution is 2.46. The molecule has 3 aromatic heterocycles. The highest BCUT2D eigenvalue weighted by Gasteiger charge is 2.51. The van der Waals surface area contributed by atoms with Crippen molar-refractivity contribution in [3.8, 4) is 11.8 Å². The van der Waals surface area contributed by atoms with E-state index >= 15 is 8.78 Å². The summed E-state index contributed by atoms with van der Waals surface area (Å²) >= 11 is 6.73. The molecule has 4 aliphatic heterocycles. The first-order chi connectivity index (χ1) is 30.4. The van der Waals surface area contributed by atoms with Crippen LogP contribution >= 0.6 is 11.6 Å². The number of hydrogen-bond donors (Lipinski definition) is 3. The highest BCUT2D eigenvalue weighted by molar-refractivity contribution is 6.33. The van der Waals surface area contributed by atoms with Crippen LogP contribution in [0.1, 0.15) is 55.7 Å². The number of piperazine rings is 1. The van der Waals surface area contributed by atoms with Crippen molar-refractivity contribution in [3.63, 3.8) is 0 Å². The smallest absolute Gasteiger partial charge is 0.301 e. The van der Waals surface area contributed by atoms with Gasteiger partial charge in [-0.05, 0) is 74.3 Å². The average molecular weight is 880 g/mol. The molecule has 1 aliphatic carbocycles. The van der Waals surface area contributed by atoms with Gasteiger partial charge in [0.05, 0.1) is 50.6 Å². The van der Waals surface area contributed by atoms with Crippen LogP contribution in [0.3, 0.4) is 0 Å². The molecular formula is C45H48ClF2N11O4. The Balaban J connectivity index is 0.802. The molecule has 1 saturated carbocycles. The number of aryl methyl sites for hydroxylation is 2. The molecule has 18 heteroatoms. The van der Waals surface area contributed by atoms with Gasteiger partial charge < -0.3 is 29.7 Å². The van der Waals surface area contributed by atoms with E-state index in [1.165, 1.54) is 4.57 Å². The van der Waals surface area contributed by atoms with Crippen molar-refractivity contribution in [2.24, 2.45) is 25.9 Å². The predicted octanol–water partition coefficient (Wildman–Crippen LogP) is 5.87. The zero-order valence-electron chi connectivity index (χ0n) is 35.1. The minimum absolute atomic E-state index is 0.130. The molecule has 10 rings (SSSR count). The molecule has 15 nitrogen and oxygen atoms in total. The van der Waals surface area contributed by atoms with Crippen LogP contribution < -0.4 is 36.0 Å². The standard InChI is InChI=1S/C45H48ClF2N11O4/c1-55-33-10-8-28(21-31(33)37-39(44(55)62)63-24-45(47,48)40(52-37)26-6-7-26)50-41-32(46)20-27(22-49)42(53-41)59-14-12-25(13-15-59)23-57-16-18-58(19-17-57)34-5-3-4-29-36(54-56(2)38(29)34)30-9-11-35(60)51-43(30)61/h3-5,8,10,20-21,25-26,30,40,52H,6-7,9,11-19,23-24H2,1-2H3,(H,50,53)(H,51,60,61)/t30?,40-/m0/s1. The quantitative estimate of drug-likeness (QED) is 0.159. The van der Waals surface area contributed by atoms with E-state index in [0.29, 0.717) is 65.4 Å². The number of carbonyl (C=O) groups is 2. The molecule has 2 amide bonds. The second-order valence-corrected chi connectivity index (χ2v) is 18.0. The van der Waals surface area contributed by atoms with Gasteiger partial charge in [0.25, 0.3) is 5.56 Å². The molecule has 3 saturated heterocycles. The first-order valence-corrected chi connectivity index (χ1v) is 22.1. The second-order valence-electron chi connectivity index (χ2n) is 17.6. The molecule has 3 N–H and O–H groups in total. The second kappa shape index (κ2) is 16.0. The molecule has 1 unspecified atom stereocenters. The summed E-state index contributed by atoms with van der Waals surface area (Å²) in [4.78, 5) is 49.8. The van der Waals surface area contributed by atoms with E-state index in [4.69, 9.17) is 26.4 Å². The van der Waals surface area contributed by atoms with E-state index in [1.54, 1.807) is 31.3 Å². The maximum atomic E-state index is 15.2. The Morgan fingerprint density at radius 3 is 2.48 bits per heavy atom. The lowest BCUT2D eigenvalue weighted by Gasteiger charge is -2.40. The maximum Gasteiger partial charge on any atom is 0.301 e. The minimum atomic E-state index is -3.15. The van der Waals surface area contributed by atoms with Crippen molar-refractivity contribution in [2.45, 2.75) is 56.4 Å². The zero-order valence-corrected chi connectivity index (χ0v) is 35.9. The summed E-state index contributed by atoms with van der Waals surface area (Å²) in [6, 6.07) is 14.2. The summed E-state index contributed by atoms with van der Waals surface area (Å²) in [5.41, 5.74) is 4.05. The topological polar surface area (TPSA) is 166 Å². The summed E-state index contributed by atoms with van der Waals surface area (Å²) in [6.07, 6.45) is 3.99. The lowest BCUT2D eigenvalue weighted by Crippen LogP contribution is -2.49. The number of fused-ring (bicyclic) bond motifs is 4. The number of para-hydroxylation sites is 1. The monoisotopic (exact) mass is 879 g/mol. The van der Waals surface area contributed by atoms with Crippen LogP contribution in [0.25, 0.3) is 21.8 Å². The predicted molar refractivity (Wildman–Crippen MR) is 236 cm³/mol. The van der Waals surface area contributed by atoms with Gasteiger partial charge in [-0.15, -0.1) is 0 Å². The van der Waals surface area contributed by atoms with Gasteiger partial charge in [0, 0.05) is 82.8 Å². The number of amides is 2. The number of alkyl halides is 2. The van der Waals surface area contributed by atoms with Gasteiger partial charge in [-0.25, -0.2) is 13.8 Å². The van der Waals surface area contributed by atoms with Crippen LogP contribution in [-0.4, -0.2) is 100 Å². The fraction of sp³-hybridized carbons (Fsp3) is 0.467. The highest BCUT2D eigenvalue weighted by atomic mass is 35.5. The third-order valence-corrected chi connectivity index (χ3v) is 13.8. The van der Waals surface area contributed by atoms with Gasteiger partial charge in [-0.2, -0.15) is 10.4 Å². The number of hydrogen-bond acceptors (Lipinski definition) is 12. The SMILES string of the molecule is Cn1nc(C2CCC(=O)NC2=O)c2cccc(N3CCN(CC4CCN(c5nc(Nc6ccc7c(c6)c6c(c(=O)n7C)OCC(F)(F)[C@H](C7CC7)N6)c(Cl)cc5C#N)CC4)CC3)c21. The van der Waals surface area contributed by atoms with Gasteiger partial charge in [0.2, 0.25) is 17.6 Å². The van der Waals surface area contributed by atoms with Crippen molar-refractivity contribution in [1.29, 1.82) is 5.26 Å². The van der Waals surface area contributed by atoms with E-state index in [-0.39, 0.29) is 34.2 Å². The van der Waals surface area contributed by atoms with Crippen LogP contribution in [0.5, 0.6) is 5.75 Å². The van der Waals surface area contributed by atoms with E-state index in [9.17, 15) is 19.6 Å². The van der Waals surface area contributed by atoms with Crippen molar-refractivity contribution in [2.75, 3.05) is 72.9 Å². The summed E-state index contributed by atoms with van der Waals surface area (Å²) in [7, 11) is 3.50. The zero-order chi connectivity index (χ0) is 43.7. The normalized spacial score (nSPS) is 22.0. The molecule has 0 bridgehead atoms.